The fourth-order valence-electron chi connectivity index (χ4n) is 3.40. The second-order valence-electron chi connectivity index (χ2n) is 7.87. The predicted octanol–water partition coefficient (Wildman–Crippen LogP) is 7.72. The van der Waals surface area contributed by atoms with Crippen LogP contribution in [0.3, 0.4) is 0 Å². The summed E-state index contributed by atoms with van der Waals surface area (Å²) in [5.74, 6) is 1.05. The lowest BCUT2D eigenvalue weighted by atomic mass is 10.1. The van der Waals surface area contributed by atoms with Crippen molar-refractivity contribution in [2.24, 2.45) is 0 Å². The van der Waals surface area contributed by atoms with Crippen LogP contribution in [0, 0.1) is 0 Å². The Hall–Kier alpha value is -2.85. The first-order valence-electron chi connectivity index (χ1n) is 11.5. The number of hydrogen-bond donors (Lipinski definition) is 0. The van der Waals surface area contributed by atoms with Crippen molar-refractivity contribution >= 4 is 35.5 Å². The minimum absolute atomic E-state index is 0.771. The van der Waals surface area contributed by atoms with E-state index >= 15 is 0 Å². The third kappa shape index (κ3) is 7.10. The second kappa shape index (κ2) is 12.9. The van der Waals surface area contributed by atoms with Crippen molar-refractivity contribution in [2.75, 3.05) is 18.0 Å². The molecule has 32 heavy (non-hydrogen) atoms. The smallest absolute Gasteiger partial charge is 0.160 e. The van der Waals surface area contributed by atoms with Crippen LogP contribution in [0.2, 0.25) is 0 Å². The summed E-state index contributed by atoms with van der Waals surface area (Å²) in [4.78, 5) is 15.1. The van der Waals surface area contributed by atoms with Crippen molar-refractivity contribution < 1.29 is 9.53 Å². The third-order valence-electron chi connectivity index (χ3n) is 5.38. The van der Waals surface area contributed by atoms with E-state index in [0.29, 0.717) is 0 Å². The molecule has 0 atom stereocenters. The van der Waals surface area contributed by atoms with E-state index in [4.69, 9.17) is 4.74 Å². The van der Waals surface area contributed by atoms with Crippen LogP contribution in [0.4, 0.5) is 5.69 Å². The van der Waals surface area contributed by atoms with Crippen LogP contribution < -0.4 is 9.64 Å². The molecule has 4 heteroatoms. The summed E-state index contributed by atoms with van der Waals surface area (Å²) in [6, 6.07) is 20.7. The number of unbranched alkanes of at least 4 members (excludes halogenated alkanes) is 2. The molecular formula is C28H33NO2S. The fourth-order valence-corrected chi connectivity index (χ4v) is 4.13. The molecule has 2 heterocycles. The van der Waals surface area contributed by atoms with Gasteiger partial charge in [0, 0.05) is 29.2 Å². The van der Waals surface area contributed by atoms with Crippen LogP contribution in [0.5, 0.6) is 5.75 Å². The number of carbonyl (C=O) groups excluding carboxylic acids is 1. The molecule has 3 aromatic rings. The molecule has 0 spiro atoms. The zero-order valence-corrected chi connectivity index (χ0v) is 19.9. The number of nitrogens with zero attached hydrogens (tertiary/aromatic N) is 1. The Kier molecular flexibility index (Phi) is 9.58. The molecule has 0 unspecified atom stereocenters. The largest absolute Gasteiger partial charge is 0.488 e. The van der Waals surface area contributed by atoms with E-state index in [1.807, 2.05) is 30.3 Å². The summed E-state index contributed by atoms with van der Waals surface area (Å²) >= 11 is 1.52. The van der Waals surface area contributed by atoms with Crippen molar-refractivity contribution in [1.82, 2.24) is 0 Å². The van der Waals surface area contributed by atoms with Gasteiger partial charge in [-0.2, -0.15) is 0 Å². The Balaban J connectivity index is 0.000000297. The highest BCUT2D eigenvalue weighted by atomic mass is 32.1. The molecular weight excluding hydrogens is 414 g/mol. The quantitative estimate of drug-likeness (QED) is 0.298. The van der Waals surface area contributed by atoms with Gasteiger partial charge >= 0.3 is 0 Å². The van der Waals surface area contributed by atoms with E-state index in [-0.39, 0.29) is 0 Å². The fraction of sp³-hybridized carbons (Fsp3) is 0.321. The normalized spacial score (nSPS) is 11.7. The molecule has 4 rings (SSSR count). The molecule has 1 aliphatic heterocycles. The van der Waals surface area contributed by atoms with E-state index in [1.54, 1.807) is 0 Å². The summed E-state index contributed by atoms with van der Waals surface area (Å²) in [5.41, 5.74) is 3.83. The predicted molar refractivity (Wildman–Crippen MR) is 138 cm³/mol. The van der Waals surface area contributed by atoms with Crippen molar-refractivity contribution in [3.8, 4) is 5.75 Å². The van der Waals surface area contributed by atoms with Gasteiger partial charge in [0.25, 0.3) is 0 Å². The maximum absolute atomic E-state index is 10.7. The number of thiophene rings is 1. The van der Waals surface area contributed by atoms with Crippen molar-refractivity contribution in [1.29, 1.82) is 0 Å². The number of anilines is 1. The first-order chi connectivity index (χ1) is 15.7. The lowest BCUT2D eigenvalue weighted by molar-refractivity contribution is 0.112. The minimum atomic E-state index is 0.771. The van der Waals surface area contributed by atoms with E-state index in [9.17, 15) is 4.79 Å². The Morgan fingerprint density at radius 1 is 0.875 bits per heavy atom. The molecule has 0 saturated carbocycles. The number of benzene rings is 2. The Labute approximate surface area is 196 Å². The molecule has 0 amide bonds. The van der Waals surface area contributed by atoms with Gasteiger partial charge in [0.1, 0.15) is 12.4 Å². The second-order valence-corrected chi connectivity index (χ2v) is 9.02. The summed E-state index contributed by atoms with van der Waals surface area (Å²) < 4.78 is 5.08. The van der Waals surface area contributed by atoms with E-state index in [0.717, 1.165) is 41.5 Å². The molecule has 0 saturated heterocycles. The topological polar surface area (TPSA) is 29.5 Å². The number of aldehydes is 1. The Morgan fingerprint density at radius 2 is 1.56 bits per heavy atom. The molecule has 0 radical (unpaired) electrons. The first-order valence-corrected chi connectivity index (χ1v) is 12.3. The third-order valence-corrected chi connectivity index (χ3v) is 6.36. The van der Waals surface area contributed by atoms with Gasteiger partial charge in [-0.1, -0.05) is 63.1 Å². The van der Waals surface area contributed by atoms with Crippen LogP contribution in [-0.2, 0) is 6.61 Å². The molecule has 2 aromatic carbocycles. The number of para-hydroxylation sites is 1. The molecule has 168 valence electrons. The van der Waals surface area contributed by atoms with E-state index < -0.39 is 0 Å². The SMILES string of the molecule is CCCCN(CCCC)c1ccc(C=Cc2ccc(C=O)s2)cc1.c1ccc2c(c1)CO2. The highest BCUT2D eigenvalue weighted by Crippen LogP contribution is 2.27. The van der Waals surface area contributed by atoms with Gasteiger partial charge in [0.2, 0.25) is 0 Å². The Morgan fingerprint density at radius 3 is 2.06 bits per heavy atom. The zero-order chi connectivity index (χ0) is 22.6. The van der Waals surface area contributed by atoms with E-state index in [1.165, 1.54) is 53.8 Å². The molecule has 0 fully saturated rings. The van der Waals surface area contributed by atoms with Gasteiger partial charge in [0.05, 0.1) is 4.88 Å². The standard InChI is InChI=1S/C21H27NOS.C7H6O/c1-3-5-15-22(16-6-4-2)19-10-7-18(8-11-19)9-12-20-13-14-21(17-23)24-20;1-2-4-7-6(3-1)5-8-7/h7-14,17H,3-6,15-16H2,1-2H3;1-4H,5H2. The maximum atomic E-state index is 10.7. The molecule has 1 aromatic heterocycles. The number of fused-ring (bicyclic) bond motifs is 1. The van der Waals surface area contributed by atoms with Crippen LogP contribution in [0.25, 0.3) is 12.2 Å². The lowest BCUT2D eigenvalue weighted by Crippen LogP contribution is -2.25. The van der Waals surface area contributed by atoms with Gasteiger partial charge in [-0.15, -0.1) is 11.3 Å². The van der Waals surface area contributed by atoms with Crippen LogP contribution in [0.1, 0.15) is 65.2 Å². The number of carbonyl (C=O) groups is 1. The average Bonchev–Trinajstić information content (AvgIpc) is 3.28. The molecule has 0 N–H and O–H groups in total. The number of hydrogen-bond acceptors (Lipinski definition) is 4. The Bertz CT molecular complexity index is 960. The minimum Gasteiger partial charge on any atom is -0.488 e. The van der Waals surface area contributed by atoms with Gasteiger partial charge in [-0.3, -0.25) is 4.79 Å². The summed E-state index contributed by atoms with van der Waals surface area (Å²) in [7, 11) is 0. The molecule has 0 bridgehead atoms. The van der Waals surface area contributed by atoms with Crippen molar-refractivity contribution in [2.45, 2.75) is 46.1 Å². The van der Waals surface area contributed by atoms with Crippen LogP contribution in [-0.4, -0.2) is 19.4 Å². The number of rotatable bonds is 10. The zero-order valence-electron chi connectivity index (χ0n) is 19.1. The monoisotopic (exact) mass is 447 g/mol. The maximum Gasteiger partial charge on any atom is 0.160 e. The summed E-state index contributed by atoms with van der Waals surface area (Å²) in [6.07, 6.45) is 10.0. The lowest BCUT2D eigenvalue weighted by Gasteiger charge is -2.24. The first kappa shape index (κ1) is 23.8. The number of ether oxygens (including phenoxy) is 1. The van der Waals surface area contributed by atoms with E-state index in [2.05, 4.69) is 61.2 Å². The van der Waals surface area contributed by atoms with Gasteiger partial charge in [-0.05, 0) is 54.8 Å². The van der Waals surface area contributed by atoms with Gasteiger partial charge < -0.3 is 9.64 Å². The molecule has 3 nitrogen and oxygen atoms in total. The molecule has 0 aliphatic carbocycles. The summed E-state index contributed by atoms with van der Waals surface area (Å²) in [6.45, 7) is 7.56. The van der Waals surface area contributed by atoms with Crippen molar-refractivity contribution in [3.05, 3.63) is 81.5 Å². The summed E-state index contributed by atoms with van der Waals surface area (Å²) in [5, 5.41) is 0. The van der Waals surface area contributed by atoms with Gasteiger partial charge in [-0.25, -0.2) is 0 Å². The van der Waals surface area contributed by atoms with Crippen molar-refractivity contribution in [3.63, 3.8) is 0 Å². The highest BCUT2D eigenvalue weighted by molar-refractivity contribution is 7.14. The van der Waals surface area contributed by atoms with Crippen LogP contribution in [0.15, 0.2) is 60.7 Å². The van der Waals surface area contributed by atoms with Gasteiger partial charge in [0.15, 0.2) is 6.29 Å². The average molecular weight is 448 g/mol. The van der Waals surface area contributed by atoms with Crippen LogP contribution >= 0.6 is 11.3 Å². The molecule has 1 aliphatic rings. The highest BCUT2D eigenvalue weighted by Gasteiger charge is 2.10.